The summed E-state index contributed by atoms with van der Waals surface area (Å²) in [6.45, 7) is 2.48. The smallest absolute Gasteiger partial charge is 0.222 e. The Bertz CT molecular complexity index is 925. The van der Waals surface area contributed by atoms with Crippen LogP contribution in [-0.2, 0) is 18.4 Å². The summed E-state index contributed by atoms with van der Waals surface area (Å²) in [5.41, 5.74) is 1.89. The lowest BCUT2D eigenvalue weighted by molar-refractivity contribution is -0.121. The lowest BCUT2D eigenvalue weighted by Crippen LogP contribution is -2.31. The molecule has 2 heterocycles. The van der Waals surface area contributed by atoms with Gasteiger partial charge in [0.15, 0.2) is 0 Å². The maximum Gasteiger partial charge on any atom is 0.222 e. The predicted octanol–water partition coefficient (Wildman–Crippen LogP) is 2.24. The molecule has 0 bridgehead atoms. The zero-order valence-corrected chi connectivity index (χ0v) is 16.5. The van der Waals surface area contributed by atoms with E-state index in [1.807, 2.05) is 43.1 Å². The Morgan fingerprint density at radius 3 is 2.46 bits per heavy atom. The minimum atomic E-state index is -0.434. The molecule has 0 saturated heterocycles. The Labute approximate surface area is 164 Å². The highest BCUT2D eigenvalue weighted by Gasteiger charge is 2.22. The molecule has 3 rings (SSSR count). The SMILES string of the molecule is COc1cc(OC)cc(C(NC(=O)CCn2cc(C)cn2)c2nccn2C)c1. The summed E-state index contributed by atoms with van der Waals surface area (Å²) < 4.78 is 14.4. The van der Waals surface area contributed by atoms with E-state index < -0.39 is 6.04 Å². The van der Waals surface area contributed by atoms with E-state index in [2.05, 4.69) is 15.4 Å². The summed E-state index contributed by atoms with van der Waals surface area (Å²) in [4.78, 5) is 17.1. The van der Waals surface area contributed by atoms with Crippen molar-refractivity contribution in [2.45, 2.75) is 25.9 Å². The summed E-state index contributed by atoms with van der Waals surface area (Å²) in [6.07, 6.45) is 7.55. The monoisotopic (exact) mass is 383 g/mol. The van der Waals surface area contributed by atoms with Gasteiger partial charge in [-0.25, -0.2) is 4.98 Å². The van der Waals surface area contributed by atoms with Gasteiger partial charge in [-0.05, 0) is 30.2 Å². The molecule has 28 heavy (non-hydrogen) atoms. The Hall–Kier alpha value is -3.29. The fourth-order valence-corrected chi connectivity index (χ4v) is 2.99. The molecule has 8 heteroatoms. The van der Waals surface area contributed by atoms with Gasteiger partial charge in [-0.1, -0.05) is 0 Å². The van der Waals surface area contributed by atoms with Crippen LogP contribution < -0.4 is 14.8 Å². The first kappa shape index (κ1) is 19.5. The van der Waals surface area contributed by atoms with Gasteiger partial charge < -0.3 is 19.4 Å². The van der Waals surface area contributed by atoms with E-state index in [4.69, 9.17) is 9.47 Å². The van der Waals surface area contributed by atoms with Crippen LogP contribution in [0.1, 0.15) is 29.4 Å². The lowest BCUT2D eigenvalue weighted by atomic mass is 10.0. The molecule has 0 spiro atoms. The number of benzene rings is 1. The number of aryl methyl sites for hydroxylation is 3. The third-order valence-corrected chi connectivity index (χ3v) is 4.46. The van der Waals surface area contributed by atoms with Crippen molar-refractivity contribution in [1.82, 2.24) is 24.6 Å². The fourth-order valence-electron chi connectivity index (χ4n) is 2.99. The predicted molar refractivity (Wildman–Crippen MR) is 104 cm³/mol. The number of aromatic nitrogens is 4. The van der Waals surface area contributed by atoms with E-state index in [-0.39, 0.29) is 5.91 Å². The van der Waals surface area contributed by atoms with Crippen LogP contribution in [0, 0.1) is 6.92 Å². The van der Waals surface area contributed by atoms with Gasteiger partial charge in [-0.15, -0.1) is 0 Å². The Kier molecular flexibility index (Phi) is 5.98. The maximum atomic E-state index is 12.7. The van der Waals surface area contributed by atoms with Crippen LogP contribution in [0.3, 0.4) is 0 Å². The minimum Gasteiger partial charge on any atom is -0.497 e. The van der Waals surface area contributed by atoms with Gasteiger partial charge in [0, 0.05) is 44.7 Å². The van der Waals surface area contributed by atoms with Crippen LogP contribution in [0.5, 0.6) is 11.5 Å². The molecule has 0 fully saturated rings. The number of methoxy groups -OCH3 is 2. The lowest BCUT2D eigenvalue weighted by Gasteiger charge is -2.20. The van der Waals surface area contributed by atoms with Crippen molar-refractivity contribution in [3.63, 3.8) is 0 Å². The second-order valence-electron chi connectivity index (χ2n) is 6.57. The second-order valence-corrected chi connectivity index (χ2v) is 6.57. The molecule has 1 unspecified atom stereocenters. The number of hydrogen-bond donors (Lipinski definition) is 1. The molecule has 0 aliphatic heterocycles. The van der Waals surface area contributed by atoms with Gasteiger partial charge >= 0.3 is 0 Å². The van der Waals surface area contributed by atoms with E-state index in [1.54, 1.807) is 37.4 Å². The molecule has 1 N–H and O–H groups in total. The maximum absolute atomic E-state index is 12.7. The number of nitrogens with zero attached hydrogens (tertiary/aromatic N) is 4. The molecule has 3 aromatic rings. The van der Waals surface area contributed by atoms with Crippen molar-refractivity contribution in [2.24, 2.45) is 7.05 Å². The van der Waals surface area contributed by atoms with Crippen molar-refractivity contribution in [3.05, 3.63) is 59.9 Å². The summed E-state index contributed by atoms with van der Waals surface area (Å²) in [5, 5.41) is 7.30. The number of amides is 1. The number of imidazole rings is 1. The molecule has 0 aliphatic rings. The second kappa shape index (κ2) is 8.60. The molecule has 1 aromatic carbocycles. The largest absolute Gasteiger partial charge is 0.497 e. The highest BCUT2D eigenvalue weighted by atomic mass is 16.5. The first-order chi connectivity index (χ1) is 13.5. The van der Waals surface area contributed by atoms with E-state index in [0.717, 1.165) is 17.0 Å². The first-order valence-electron chi connectivity index (χ1n) is 8.98. The van der Waals surface area contributed by atoms with Gasteiger partial charge in [0.2, 0.25) is 5.91 Å². The number of nitrogens with one attached hydrogen (secondary N) is 1. The minimum absolute atomic E-state index is 0.0945. The van der Waals surface area contributed by atoms with Crippen LogP contribution >= 0.6 is 0 Å². The molecule has 148 valence electrons. The molecule has 1 atom stereocenters. The zero-order valence-electron chi connectivity index (χ0n) is 16.5. The number of carbonyl (C=O) groups excluding carboxylic acids is 1. The molecule has 8 nitrogen and oxygen atoms in total. The van der Waals surface area contributed by atoms with Gasteiger partial charge in [0.25, 0.3) is 0 Å². The Balaban J connectivity index is 1.84. The van der Waals surface area contributed by atoms with Crippen molar-refractivity contribution in [2.75, 3.05) is 14.2 Å². The number of hydrogen-bond acceptors (Lipinski definition) is 5. The summed E-state index contributed by atoms with van der Waals surface area (Å²) in [5.74, 6) is 1.92. The molecular formula is C20H25N5O3. The molecule has 2 aromatic heterocycles. The zero-order chi connectivity index (χ0) is 20.1. The molecular weight excluding hydrogens is 358 g/mol. The number of rotatable bonds is 8. The molecule has 0 aliphatic carbocycles. The number of carbonyl (C=O) groups is 1. The summed E-state index contributed by atoms with van der Waals surface area (Å²) in [6, 6.07) is 5.11. The third-order valence-electron chi connectivity index (χ3n) is 4.46. The van der Waals surface area contributed by atoms with Crippen LogP contribution in [-0.4, -0.2) is 39.5 Å². The van der Waals surface area contributed by atoms with E-state index >= 15 is 0 Å². The highest BCUT2D eigenvalue weighted by molar-refractivity contribution is 5.76. The first-order valence-corrected chi connectivity index (χ1v) is 8.98. The van der Waals surface area contributed by atoms with Gasteiger partial charge in [0.05, 0.1) is 20.4 Å². The molecule has 0 saturated carbocycles. The highest BCUT2D eigenvalue weighted by Crippen LogP contribution is 2.29. The third kappa shape index (κ3) is 4.51. The quantitative estimate of drug-likeness (QED) is 0.645. The van der Waals surface area contributed by atoms with Crippen molar-refractivity contribution in [1.29, 1.82) is 0 Å². The van der Waals surface area contributed by atoms with E-state index in [9.17, 15) is 4.79 Å². The molecule has 1 amide bonds. The van der Waals surface area contributed by atoms with Crippen molar-refractivity contribution in [3.8, 4) is 11.5 Å². The topological polar surface area (TPSA) is 83.2 Å². The van der Waals surface area contributed by atoms with Crippen LogP contribution in [0.15, 0.2) is 43.0 Å². The van der Waals surface area contributed by atoms with Crippen LogP contribution in [0.25, 0.3) is 0 Å². The average Bonchev–Trinajstić information content (AvgIpc) is 3.31. The van der Waals surface area contributed by atoms with Gasteiger partial charge in [-0.2, -0.15) is 5.10 Å². The number of ether oxygens (including phenoxy) is 2. The summed E-state index contributed by atoms with van der Waals surface area (Å²) >= 11 is 0. The summed E-state index contributed by atoms with van der Waals surface area (Å²) in [7, 11) is 5.09. The van der Waals surface area contributed by atoms with E-state index in [0.29, 0.717) is 24.5 Å². The Morgan fingerprint density at radius 1 is 1.21 bits per heavy atom. The van der Waals surface area contributed by atoms with Crippen LogP contribution in [0.2, 0.25) is 0 Å². The Morgan fingerprint density at radius 2 is 1.93 bits per heavy atom. The van der Waals surface area contributed by atoms with Crippen molar-refractivity contribution >= 4 is 5.91 Å². The van der Waals surface area contributed by atoms with Gasteiger partial charge in [-0.3, -0.25) is 9.48 Å². The van der Waals surface area contributed by atoms with Crippen LogP contribution in [0.4, 0.5) is 0 Å². The molecule has 0 radical (unpaired) electrons. The fraction of sp³-hybridized carbons (Fsp3) is 0.350. The average molecular weight is 383 g/mol. The van der Waals surface area contributed by atoms with E-state index in [1.165, 1.54) is 0 Å². The van der Waals surface area contributed by atoms with Crippen molar-refractivity contribution < 1.29 is 14.3 Å². The normalized spacial score (nSPS) is 11.9. The standard InChI is InChI=1S/C20H25N5O3/c1-14-12-22-25(13-14)7-5-18(26)23-19(20-21-6-8-24(20)2)15-9-16(27-3)11-17(10-15)28-4/h6,8-13,19H,5,7H2,1-4H3,(H,23,26). The van der Waals surface area contributed by atoms with Gasteiger partial charge in [0.1, 0.15) is 23.4 Å².